The van der Waals surface area contributed by atoms with Gasteiger partial charge < -0.3 is 10.4 Å². The van der Waals surface area contributed by atoms with Gasteiger partial charge in [0.15, 0.2) is 0 Å². The van der Waals surface area contributed by atoms with Crippen LogP contribution in [0.3, 0.4) is 0 Å². The predicted molar refractivity (Wildman–Crippen MR) is 97.8 cm³/mol. The van der Waals surface area contributed by atoms with Crippen LogP contribution in [-0.2, 0) is 9.59 Å². The summed E-state index contributed by atoms with van der Waals surface area (Å²) < 4.78 is 27.1. The molecule has 28 heavy (non-hydrogen) atoms. The van der Waals surface area contributed by atoms with Crippen molar-refractivity contribution in [2.75, 3.05) is 5.32 Å². The maximum Gasteiger partial charge on any atom is 0.252 e. The van der Waals surface area contributed by atoms with Crippen molar-refractivity contribution in [3.8, 4) is 5.75 Å². The van der Waals surface area contributed by atoms with E-state index in [-0.39, 0.29) is 11.7 Å². The molecule has 0 fully saturated rings. The van der Waals surface area contributed by atoms with Crippen molar-refractivity contribution in [3.63, 3.8) is 0 Å². The fourth-order valence-electron chi connectivity index (χ4n) is 2.38. The van der Waals surface area contributed by atoms with Crippen LogP contribution in [0.2, 0.25) is 0 Å². The maximum atomic E-state index is 13.6. The lowest BCUT2D eigenvalue weighted by Crippen LogP contribution is -2.35. The van der Waals surface area contributed by atoms with Gasteiger partial charge >= 0.3 is 0 Å². The highest BCUT2D eigenvalue weighted by molar-refractivity contribution is 6.07. The quantitative estimate of drug-likeness (QED) is 0.459. The zero-order valence-corrected chi connectivity index (χ0v) is 14.3. The summed E-state index contributed by atoms with van der Waals surface area (Å²) in [4.78, 5) is 27.9. The van der Waals surface area contributed by atoms with Gasteiger partial charge in [0.1, 0.15) is 29.1 Å². The Morgan fingerprint density at radius 1 is 1.21 bits per heavy atom. The second-order valence-corrected chi connectivity index (χ2v) is 5.76. The van der Waals surface area contributed by atoms with Crippen LogP contribution in [0.15, 0.2) is 52.6 Å². The van der Waals surface area contributed by atoms with E-state index in [0.29, 0.717) is 5.56 Å². The van der Waals surface area contributed by atoms with E-state index < -0.39 is 41.6 Å². The van der Waals surface area contributed by atoms with Gasteiger partial charge in [-0.15, -0.1) is 0 Å². The summed E-state index contributed by atoms with van der Waals surface area (Å²) in [5.41, 5.74) is 2.35. The second kappa shape index (κ2) is 8.25. The third-order valence-corrected chi connectivity index (χ3v) is 3.75. The normalized spacial score (nSPS) is 16.0. The van der Waals surface area contributed by atoms with Gasteiger partial charge in [-0.1, -0.05) is 18.2 Å². The number of hydrazone groups is 1. The van der Waals surface area contributed by atoms with Crippen molar-refractivity contribution in [1.82, 2.24) is 10.7 Å². The third-order valence-electron chi connectivity index (χ3n) is 3.75. The molecule has 2 aromatic rings. The Labute approximate surface area is 158 Å². The van der Waals surface area contributed by atoms with Crippen LogP contribution in [0.4, 0.5) is 14.5 Å². The molecule has 0 aromatic heterocycles. The molecule has 0 aliphatic carbocycles. The van der Waals surface area contributed by atoms with E-state index in [1.807, 2.05) is 0 Å². The molecule has 144 valence electrons. The topological polar surface area (TPSA) is 115 Å². The minimum Gasteiger partial charge on any atom is -0.507 e. The molecule has 8 nitrogen and oxygen atoms in total. The summed E-state index contributed by atoms with van der Waals surface area (Å²) in [7, 11) is 0. The molecule has 2 aromatic carbocycles. The number of aliphatic imine (C=N–C) groups is 1. The lowest BCUT2D eigenvalue weighted by Gasteiger charge is -2.08. The number of guanidine groups is 1. The molecular formula is C18H15F2N5O3. The predicted octanol–water partition coefficient (Wildman–Crippen LogP) is 1.48. The van der Waals surface area contributed by atoms with Crippen LogP contribution in [0.5, 0.6) is 5.75 Å². The molecule has 1 heterocycles. The van der Waals surface area contributed by atoms with Crippen molar-refractivity contribution in [2.45, 2.75) is 12.5 Å². The number of halogens is 2. The molecule has 0 saturated heterocycles. The Morgan fingerprint density at radius 2 is 1.93 bits per heavy atom. The molecule has 10 heteroatoms. The summed E-state index contributed by atoms with van der Waals surface area (Å²) in [5.74, 6) is -3.15. The molecule has 1 unspecified atom stereocenters. The number of phenolic OH excluding ortho intramolecular Hbond substituents is 1. The average molecular weight is 387 g/mol. The molecule has 1 atom stereocenters. The monoisotopic (exact) mass is 387 g/mol. The second-order valence-electron chi connectivity index (χ2n) is 5.76. The number of hydrogen-bond donors (Lipinski definition) is 4. The van der Waals surface area contributed by atoms with E-state index in [1.54, 1.807) is 18.2 Å². The molecule has 0 spiro atoms. The summed E-state index contributed by atoms with van der Waals surface area (Å²) in [6.07, 6.45) is 0.916. The summed E-state index contributed by atoms with van der Waals surface area (Å²) in [6.45, 7) is 0. The van der Waals surface area contributed by atoms with Gasteiger partial charge in [-0.2, -0.15) is 5.10 Å². The number of amides is 2. The molecule has 0 bridgehead atoms. The molecule has 0 saturated carbocycles. The van der Waals surface area contributed by atoms with E-state index in [4.69, 9.17) is 0 Å². The first-order chi connectivity index (χ1) is 13.4. The number of aromatic hydroxyl groups is 1. The lowest BCUT2D eigenvalue weighted by atomic mass is 10.2. The maximum absolute atomic E-state index is 13.6. The van der Waals surface area contributed by atoms with Gasteiger partial charge in [0.25, 0.3) is 5.91 Å². The lowest BCUT2D eigenvalue weighted by molar-refractivity contribution is -0.123. The van der Waals surface area contributed by atoms with Gasteiger partial charge in [-0.25, -0.2) is 19.2 Å². The molecule has 3 rings (SSSR count). The fourth-order valence-corrected chi connectivity index (χ4v) is 2.38. The summed E-state index contributed by atoms with van der Waals surface area (Å²) >= 11 is 0. The highest BCUT2D eigenvalue weighted by atomic mass is 19.1. The summed E-state index contributed by atoms with van der Waals surface area (Å²) in [6, 6.07) is 8.59. The SMILES string of the molecule is O=C(CC1N=C(N/N=C/c2ccccc2O)NC1=O)Nc1c(F)cccc1F. The Hall–Kier alpha value is -3.82. The highest BCUT2D eigenvalue weighted by Gasteiger charge is 2.29. The Kier molecular flexibility index (Phi) is 5.58. The Bertz CT molecular complexity index is 957. The third kappa shape index (κ3) is 4.47. The standard InChI is InChI=1S/C18H15F2N5O3/c19-11-5-3-6-12(20)16(11)23-15(27)8-13-17(28)24-18(22-13)25-21-9-10-4-1-2-7-14(10)26/h1-7,9,13,26H,8H2,(H,23,27)(H2,22,24,25,28)/b21-9+. The number of benzene rings is 2. The number of rotatable bonds is 5. The van der Waals surface area contributed by atoms with E-state index in [9.17, 15) is 23.5 Å². The van der Waals surface area contributed by atoms with Crippen LogP contribution in [0.1, 0.15) is 12.0 Å². The van der Waals surface area contributed by atoms with Crippen molar-refractivity contribution in [3.05, 3.63) is 59.7 Å². The van der Waals surface area contributed by atoms with Crippen LogP contribution in [-0.4, -0.2) is 35.1 Å². The smallest absolute Gasteiger partial charge is 0.252 e. The number of anilines is 1. The van der Waals surface area contributed by atoms with Gasteiger partial charge in [0, 0.05) is 5.56 Å². The number of hydrogen-bond acceptors (Lipinski definition) is 6. The van der Waals surface area contributed by atoms with Crippen molar-refractivity contribution >= 4 is 29.7 Å². The fraction of sp³-hybridized carbons (Fsp3) is 0.111. The van der Waals surface area contributed by atoms with Gasteiger partial charge in [0.05, 0.1) is 12.6 Å². The molecule has 1 aliphatic rings. The zero-order chi connectivity index (χ0) is 20.1. The molecular weight excluding hydrogens is 372 g/mol. The van der Waals surface area contributed by atoms with Crippen molar-refractivity contribution in [1.29, 1.82) is 0 Å². The number of carbonyl (C=O) groups is 2. The first-order valence-electron chi connectivity index (χ1n) is 8.13. The number of nitrogens with zero attached hydrogens (tertiary/aromatic N) is 2. The van der Waals surface area contributed by atoms with Crippen LogP contribution in [0, 0.1) is 11.6 Å². The molecule has 2 amide bonds. The van der Waals surface area contributed by atoms with E-state index in [0.717, 1.165) is 12.1 Å². The van der Waals surface area contributed by atoms with Gasteiger partial charge in [0.2, 0.25) is 11.9 Å². The number of phenols is 1. The van der Waals surface area contributed by atoms with E-state index in [1.165, 1.54) is 18.3 Å². The van der Waals surface area contributed by atoms with Crippen molar-refractivity contribution in [2.24, 2.45) is 10.1 Å². The van der Waals surface area contributed by atoms with Gasteiger partial charge in [-0.05, 0) is 24.3 Å². The van der Waals surface area contributed by atoms with Gasteiger partial charge in [-0.3, -0.25) is 14.9 Å². The molecule has 1 aliphatic heterocycles. The summed E-state index contributed by atoms with van der Waals surface area (Å²) in [5, 5.41) is 18.0. The van der Waals surface area contributed by atoms with E-state index >= 15 is 0 Å². The van der Waals surface area contributed by atoms with Crippen LogP contribution in [0.25, 0.3) is 0 Å². The first kappa shape index (κ1) is 19.0. The zero-order valence-electron chi connectivity index (χ0n) is 14.3. The largest absolute Gasteiger partial charge is 0.507 e. The first-order valence-corrected chi connectivity index (χ1v) is 8.13. The van der Waals surface area contributed by atoms with Crippen LogP contribution >= 0.6 is 0 Å². The number of para-hydroxylation sites is 2. The number of nitrogens with one attached hydrogen (secondary N) is 3. The molecule has 0 radical (unpaired) electrons. The minimum absolute atomic E-state index is 0.00606. The highest BCUT2D eigenvalue weighted by Crippen LogP contribution is 2.19. The van der Waals surface area contributed by atoms with Crippen LogP contribution < -0.4 is 16.1 Å². The minimum atomic E-state index is -1.07. The number of carbonyl (C=O) groups excluding carboxylic acids is 2. The Balaban J connectivity index is 1.59. The van der Waals surface area contributed by atoms with E-state index in [2.05, 4.69) is 26.2 Å². The van der Waals surface area contributed by atoms with Crippen molar-refractivity contribution < 1.29 is 23.5 Å². The average Bonchev–Trinajstić information content (AvgIpc) is 2.99. The molecule has 4 N–H and O–H groups in total. The Morgan fingerprint density at radius 3 is 2.64 bits per heavy atom.